The highest BCUT2D eigenvalue weighted by atomic mass is 16.5. The van der Waals surface area contributed by atoms with Crippen LogP contribution in [0.3, 0.4) is 0 Å². The van der Waals surface area contributed by atoms with Gasteiger partial charge in [-0.2, -0.15) is 0 Å². The summed E-state index contributed by atoms with van der Waals surface area (Å²) in [5, 5.41) is 2.86. The number of nitrogens with zero attached hydrogens (tertiary/aromatic N) is 1. The molecule has 1 aliphatic rings. The van der Waals surface area contributed by atoms with E-state index in [9.17, 15) is 9.59 Å². The van der Waals surface area contributed by atoms with Crippen molar-refractivity contribution in [2.75, 3.05) is 18.4 Å². The Morgan fingerprint density at radius 1 is 0.962 bits per heavy atom. The summed E-state index contributed by atoms with van der Waals surface area (Å²) in [6.45, 7) is 4.79. The molecule has 2 aromatic rings. The summed E-state index contributed by atoms with van der Waals surface area (Å²) < 4.78 is 5.87. The quantitative estimate of drug-likeness (QED) is 0.826. The molecular formula is C21H24N2O3. The maximum atomic E-state index is 12.8. The SMILES string of the molecule is CC(C)(C(=O)Nc1ccccc1Oc1ccccc1)C(=O)N1CCCC1. The highest BCUT2D eigenvalue weighted by Crippen LogP contribution is 2.31. The molecule has 0 atom stereocenters. The first-order valence-electron chi connectivity index (χ1n) is 8.91. The highest BCUT2D eigenvalue weighted by molar-refractivity contribution is 6.10. The van der Waals surface area contributed by atoms with Crippen molar-refractivity contribution in [3.63, 3.8) is 0 Å². The van der Waals surface area contributed by atoms with Crippen molar-refractivity contribution in [1.29, 1.82) is 0 Å². The van der Waals surface area contributed by atoms with E-state index in [4.69, 9.17) is 4.74 Å². The van der Waals surface area contributed by atoms with Crippen LogP contribution in [0, 0.1) is 5.41 Å². The van der Waals surface area contributed by atoms with Gasteiger partial charge in [0, 0.05) is 13.1 Å². The lowest BCUT2D eigenvalue weighted by atomic mass is 9.90. The molecule has 0 unspecified atom stereocenters. The molecule has 26 heavy (non-hydrogen) atoms. The Morgan fingerprint density at radius 3 is 2.27 bits per heavy atom. The lowest BCUT2D eigenvalue weighted by Crippen LogP contribution is -2.46. The number of benzene rings is 2. The van der Waals surface area contributed by atoms with Crippen LogP contribution in [0.25, 0.3) is 0 Å². The Balaban J connectivity index is 1.75. The Morgan fingerprint density at radius 2 is 1.58 bits per heavy atom. The van der Waals surface area contributed by atoms with E-state index in [0.29, 0.717) is 17.2 Å². The molecule has 0 spiro atoms. The Hall–Kier alpha value is -2.82. The molecule has 136 valence electrons. The topological polar surface area (TPSA) is 58.6 Å². The van der Waals surface area contributed by atoms with Gasteiger partial charge in [-0.15, -0.1) is 0 Å². The van der Waals surface area contributed by atoms with E-state index < -0.39 is 5.41 Å². The van der Waals surface area contributed by atoms with E-state index in [1.807, 2.05) is 42.5 Å². The fraction of sp³-hybridized carbons (Fsp3) is 0.333. The van der Waals surface area contributed by atoms with Crippen molar-refractivity contribution in [3.8, 4) is 11.5 Å². The predicted molar refractivity (Wildman–Crippen MR) is 101 cm³/mol. The minimum Gasteiger partial charge on any atom is -0.455 e. The van der Waals surface area contributed by atoms with Gasteiger partial charge in [-0.1, -0.05) is 30.3 Å². The van der Waals surface area contributed by atoms with Gasteiger partial charge in [0.25, 0.3) is 0 Å². The number of rotatable bonds is 5. The lowest BCUT2D eigenvalue weighted by Gasteiger charge is -2.28. The second kappa shape index (κ2) is 7.60. The van der Waals surface area contributed by atoms with Crippen molar-refractivity contribution in [3.05, 3.63) is 54.6 Å². The molecule has 5 nitrogen and oxygen atoms in total. The van der Waals surface area contributed by atoms with E-state index in [1.54, 1.807) is 30.9 Å². The number of carbonyl (C=O) groups excluding carboxylic acids is 2. The van der Waals surface area contributed by atoms with Gasteiger partial charge >= 0.3 is 0 Å². The van der Waals surface area contributed by atoms with E-state index in [-0.39, 0.29) is 11.8 Å². The van der Waals surface area contributed by atoms with Crippen LogP contribution >= 0.6 is 0 Å². The smallest absolute Gasteiger partial charge is 0.239 e. The standard InChI is InChI=1S/C21H24N2O3/c1-21(2,20(25)23-14-8-9-15-23)19(24)22-17-12-6-7-13-18(17)26-16-10-4-3-5-11-16/h3-7,10-13H,8-9,14-15H2,1-2H3,(H,22,24). The number of hydrogen-bond acceptors (Lipinski definition) is 3. The molecule has 1 aliphatic heterocycles. The van der Waals surface area contributed by atoms with Gasteiger partial charge in [0.1, 0.15) is 11.2 Å². The molecule has 1 N–H and O–H groups in total. The zero-order chi connectivity index (χ0) is 18.6. The lowest BCUT2D eigenvalue weighted by molar-refractivity contribution is -0.145. The summed E-state index contributed by atoms with van der Waals surface area (Å²) in [6.07, 6.45) is 1.99. The van der Waals surface area contributed by atoms with E-state index in [2.05, 4.69) is 5.32 Å². The maximum Gasteiger partial charge on any atom is 0.239 e. The van der Waals surface area contributed by atoms with Crippen molar-refractivity contribution >= 4 is 17.5 Å². The molecule has 2 amide bonds. The van der Waals surface area contributed by atoms with Gasteiger partial charge in [-0.3, -0.25) is 9.59 Å². The number of likely N-dealkylation sites (tertiary alicyclic amines) is 1. The number of ether oxygens (including phenoxy) is 1. The number of anilines is 1. The zero-order valence-corrected chi connectivity index (χ0v) is 15.2. The minimum atomic E-state index is -1.13. The number of para-hydroxylation sites is 3. The maximum absolute atomic E-state index is 12.8. The zero-order valence-electron chi connectivity index (χ0n) is 15.2. The van der Waals surface area contributed by atoms with Crippen LogP contribution in [0.1, 0.15) is 26.7 Å². The fourth-order valence-electron chi connectivity index (χ4n) is 2.97. The molecule has 1 fully saturated rings. The first-order valence-corrected chi connectivity index (χ1v) is 8.91. The molecule has 0 saturated carbocycles. The van der Waals surface area contributed by atoms with E-state index >= 15 is 0 Å². The number of nitrogens with one attached hydrogen (secondary N) is 1. The molecule has 0 bridgehead atoms. The van der Waals surface area contributed by atoms with Crippen LogP contribution in [0.5, 0.6) is 11.5 Å². The second-order valence-corrected chi connectivity index (χ2v) is 6.99. The van der Waals surface area contributed by atoms with Crippen LogP contribution in [0.15, 0.2) is 54.6 Å². The molecule has 1 heterocycles. The van der Waals surface area contributed by atoms with Crippen molar-refractivity contribution < 1.29 is 14.3 Å². The summed E-state index contributed by atoms with van der Waals surface area (Å²) in [5.74, 6) is 0.755. The first kappa shape index (κ1) is 18.0. The molecule has 1 saturated heterocycles. The average Bonchev–Trinajstić information content (AvgIpc) is 3.18. The van der Waals surface area contributed by atoms with E-state index in [0.717, 1.165) is 25.9 Å². The highest BCUT2D eigenvalue weighted by Gasteiger charge is 2.40. The molecule has 2 aromatic carbocycles. The van der Waals surface area contributed by atoms with Gasteiger partial charge in [-0.25, -0.2) is 0 Å². The Kier molecular flexibility index (Phi) is 5.26. The normalized spacial score (nSPS) is 14.2. The summed E-state index contributed by atoms with van der Waals surface area (Å²) >= 11 is 0. The second-order valence-electron chi connectivity index (χ2n) is 6.99. The molecule has 0 aliphatic carbocycles. The third-order valence-electron chi connectivity index (χ3n) is 4.60. The van der Waals surface area contributed by atoms with Gasteiger partial charge in [0.15, 0.2) is 5.75 Å². The monoisotopic (exact) mass is 352 g/mol. The number of hydrogen-bond donors (Lipinski definition) is 1. The number of carbonyl (C=O) groups is 2. The van der Waals surface area contributed by atoms with Crippen molar-refractivity contribution in [2.45, 2.75) is 26.7 Å². The largest absolute Gasteiger partial charge is 0.455 e. The van der Waals surface area contributed by atoms with Crippen LogP contribution in [0.4, 0.5) is 5.69 Å². The van der Waals surface area contributed by atoms with Crippen molar-refractivity contribution in [2.24, 2.45) is 5.41 Å². The molecular weight excluding hydrogens is 328 g/mol. The molecule has 3 rings (SSSR count). The van der Waals surface area contributed by atoms with Gasteiger partial charge < -0.3 is 15.0 Å². The molecule has 0 radical (unpaired) electrons. The number of amides is 2. The van der Waals surface area contributed by atoms with Crippen LogP contribution in [-0.2, 0) is 9.59 Å². The van der Waals surface area contributed by atoms with Crippen molar-refractivity contribution in [1.82, 2.24) is 4.90 Å². The first-order chi connectivity index (χ1) is 12.5. The average molecular weight is 352 g/mol. The summed E-state index contributed by atoms with van der Waals surface area (Å²) in [7, 11) is 0. The molecule has 5 heteroatoms. The predicted octanol–water partition coefficient (Wildman–Crippen LogP) is 4.07. The van der Waals surface area contributed by atoms with Gasteiger partial charge in [0.2, 0.25) is 11.8 Å². The third kappa shape index (κ3) is 3.87. The van der Waals surface area contributed by atoms with Crippen LogP contribution in [-0.4, -0.2) is 29.8 Å². The minimum absolute atomic E-state index is 0.131. The van der Waals surface area contributed by atoms with E-state index in [1.165, 1.54) is 0 Å². The fourth-order valence-corrected chi connectivity index (χ4v) is 2.97. The van der Waals surface area contributed by atoms with Gasteiger partial charge in [0.05, 0.1) is 5.69 Å². The summed E-state index contributed by atoms with van der Waals surface area (Å²) in [5.41, 5.74) is -0.590. The Bertz CT molecular complexity index is 781. The third-order valence-corrected chi connectivity index (χ3v) is 4.60. The van der Waals surface area contributed by atoms with Crippen LogP contribution in [0.2, 0.25) is 0 Å². The molecule has 0 aromatic heterocycles. The van der Waals surface area contributed by atoms with Gasteiger partial charge in [-0.05, 0) is 51.0 Å². The summed E-state index contributed by atoms with van der Waals surface area (Å²) in [4.78, 5) is 27.3. The summed E-state index contributed by atoms with van der Waals surface area (Å²) in [6, 6.07) is 16.6. The Labute approximate surface area is 154 Å². The van der Waals surface area contributed by atoms with Crippen LogP contribution < -0.4 is 10.1 Å².